The molecule has 0 rings (SSSR count). The topological polar surface area (TPSA) is 6.48 Å². The maximum Gasteiger partial charge on any atom is 0.253 e. The Morgan fingerprint density at radius 1 is 0.478 bits per heavy atom. The van der Waals surface area contributed by atoms with Crippen LogP contribution in [0.2, 0.25) is 0 Å². The van der Waals surface area contributed by atoms with E-state index >= 15 is 0 Å². The van der Waals surface area contributed by atoms with Crippen LogP contribution in [-0.2, 0) is 0 Å². The fourth-order valence-electron chi connectivity index (χ4n) is 2.91. The molecule has 2 nitrogen and oxygen atoms in total. The molecule has 3 heteroatoms. The summed E-state index contributed by atoms with van der Waals surface area (Å²) in [5.74, 6) is 0. The van der Waals surface area contributed by atoms with Crippen LogP contribution < -0.4 is 0 Å². The fraction of sp³-hybridized carbons (Fsp3) is 1.00. The van der Waals surface area contributed by atoms with Crippen LogP contribution in [0.3, 0.4) is 0 Å². The van der Waals surface area contributed by atoms with Gasteiger partial charge in [-0.3, -0.25) is 0 Å². The van der Waals surface area contributed by atoms with Crippen LogP contribution >= 0.6 is 0 Å². The van der Waals surface area contributed by atoms with Crippen LogP contribution in [-0.4, -0.2) is 41.1 Å². The molecule has 0 atom stereocenters. The second-order valence-electron chi connectivity index (χ2n) is 9.43. The molecule has 0 aliphatic carbocycles. The lowest BCUT2D eigenvalue weighted by Crippen LogP contribution is -2.67. The summed E-state index contributed by atoms with van der Waals surface area (Å²) >= 11 is 0. The molecule has 0 aliphatic heterocycles. The Kier molecular flexibility index (Phi) is 8.06. The number of nitrogens with zero attached hydrogens (tertiary/aromatic N) is 2. The van der Waals surface area contributed by atoms with Crippen molar-refractivity contribution in [2.75, 3.05) is 0 Å². The van der Waals surface area contributed by atoms with Gasteiger partial charge >= 0.3 is 0 Å². The SMILES string of the molecule is CCC(C)(C)N([Si]N(C(C)(C)CC)C(C)(C)CC)C(C)(C)CC. The molecular formula is C20H44N2Si. The molecule has 0 bridgehead atoms. The van der Waals surface area contributed by atoms with Gasteiger partial charge in [0.2, 0.25) is 0 Å². The van der Waals surface area contributed by atoms with E-state index in [9.17, 15) is 0 Å². The summed E-state index contributed by atoms with van der Waals surface area (Å²) in [6, 6.07) is 0. The first-order valence-electron chi connectivity index (χ1n) is 9.58. The van der Waals surface area contributed by atoms with Gasteiger partial charge in [0.05, 0.1) is 0 Å². The molecule has 0 spiro atoms. The molecule has 23 heavy (non-hydrogen) atoms. The fourth-order valence-corrected chi connectivity index (χ4v) is 4.83. The molecule has 0 fully saturated rings. The molecule has 138 valence electrons. The molecule has 0 aromatic carbocycles. The van der Waals surface area contributed by atoms with Crippen molar-refractivity contribution in [2.45, 2.75) is 131 Å². The van der Waals surface area contributed by atoms with Gasteiger partial charge in [-0.05, 0) is 81.1 Å². The van der Waals surface area contributed by atoms with E-state index in [4.69, 9.17) is 0 Å². The van der Waals surface area contributed by atoms with E-state index in [-0.39, 0.29) is 22.2 Å². The van der Waals surface area contributed by atoms with Gasteiger partial charge in [-0.1, -0.05) is 27.7 Å². The van der Waals surface area contributed by atoms with Crippen molar-refractivity contribution in [2.24, 2.45) is 0 Å². The summed E-state index contributed by atoms with van der Waals surface area (Å²) in [5, 5.41) is 0. The van der Waals surface area contributed by atoms with E-state index in [1.165, 1.54) is 25.7 Å². The van der Waals surface area contributed by atoms with Gasteiger partial charge in [0, 0.05) is 22.2 Å². The van der Waals surface area contributed by atoms with Crippen molar-refractivity contribution < 1.29 is 0 Å². The highest BCUT2D eigenvalue weighted by Crippen LogP contribution is 2.35. The van der Waals surface area contributed by atoms with Gasteiger partial charge in [0.15, 0.2) is 0 Å². The van der Waals surface area contributed by atoms with Crippen molar-refractivity contribution in [1.29, 1.82) is 0 Å². The van der Waals surface area contributed by atoms with Crippen LogP contribution in [0.5, 0.6) is 0 Å². The average Bonchev–Trinajstić information content (AvgIpc) is 2.46. The van der Waals surface area contributed by atoms with E-state index in [0.717, 1.165) is 0 Å². The van der Waals surface area contributed by atoms with Crippen molar-refractivity contribution in [1.82, 2.24) is 9.13 Å². The first-order valence-corrected chi connectivity index (χ1v) is 10.5. The number of rotatable bonds is 10. The molecule has 0 aromatic heterocycles. The normalized spacial score (nSPS) is 14.9. The number of hydrogen-bond donors (Lipinski definition) is 0. The zero-order chi connectivity index (χ0) is 18.7. The van der Waals surface area contributed by atoms with E-state index in [0.29, 0.717) is 9.84 Å². The summed E-state index contributed by atoms with van der Waals surface area (Å²) in [7, 11) is 0.714. The second kappa shape index (κ2) is 8.01. The first kappa shape index (κ1) is 23.1. The lowest BCUT2D eigenvalue weighted by Gasteiger charge is -2.55. The Morgan fingerprint density at radius 3 is 0.783 bits per heavy atom. The third-order valence-corrected chi connectivity index (χ3v) is 8.90. The van der Waals surface area contributed by atoms with E-state index in [1.54, 1.807) is 0 Å². The van der Waals surface area contributed by atoms with E-state index in [1.807, 2.05) is 0 Å². The van der Waals surface area contributed by atoms with Gasteiger partial charge in [-0.15, -0.1) is 0 Å². The summed E-state index contributed by atoms with van der Waals surface area (Å²) in [6.07, 6.45) is 4.71. The van der Waals surface area contributed by atoms with Crippen molar-refractivity contribution in [3.63, 3.8) is 0 Å². The molecular weight excluding hydrogens is 296 g/mol. The second-order valence-corrected chi connectivity index (χ2v) is 10.5. The third kappa shape index (κ3) is 5.57. The quantitative estimate of drug-likeness (QED) is 0.458. The Hall–Kier alpha value is 0.137. The highest BCUT2D eigenvalue weighted by molar-refractivity contribution is 6.29. The minimum absolute atomic E-state index is 0.212. The Labute approximate surface area is 150 Å². The molecule has 0 heterocycles. The van der Waals surface area contributed by atoms with E-state index in [2.05, 4.69) is 92.2 Å². The molecule has 0 N–H and O–H groups in total. The zero-order valence-corrected chi connectivity index (χ0v) is 19.2. The molecule has 0 saturated heterocycles. The van der Waals surface area contributed by atoms with Crippen molar-refractivity contribution >= 4 is 9.84 Å². The van der Waals surface area contributed by atoms with Gasteiger partial charge in [0.25, 0.3) is 9.84 Å². The molecule has 0 amide bonds. The monoisotopic (exact) mass is 340 g/mol. The third-order valence-electron chi connectivity index (χ3n) is 6.08. The van der Waals surface area contributed by atoms with E-state index < -0.39 is 0 Å². The summed E-state index contributed by atoms with van der Waals surface area (Å²) in [6.45, 7) is 28.6. The molecule has 0 saturated carbocycles. The smallest absolute Gasteiger partial charge is 0.253 e. The number of hydrogen-bond acceptors (Lipinski definition) is 2. The zero-order valence-electron chi connectivity index (χ0n) is 18.2. The molecule has 2 radical (unpaired) electrons. The largest absolute Gasteiger partial charge is 0.302 e. The minimum atomic E-state index is 0.212. The maximum atomic E-state index is 2.77. The lowest BCUT2D eigenvalue weighted by atomic mass is 9.93. The molecule has 0 aliphatic rings. The highest BCUT2D eigenvalue weighted by atomic mass is 28.2. The van der Waals surface area contributed by atoms with Crippen LogP contribution in [0.25, 0.3) is 0 Å². The maximum absolute atomic E-state index is 2.77. The molecule has 0 aromatic rings. The highest BCUT2D eigenvalue weighted by Gasteiger charge is 2.43. The summed E-state index contributed by atoms with van der Waals surface area (Å²) < 4.78 is 5.55. The summed E-state index contributed by atoms with van der Waals surface area (Å²) in [4.78, 5) is 0. The predicted molar refractivity (Wildman–Crippen MR) is 107 cm³/mol. The van der Waals surface area contributed by atoms with Crippen LogP contribution in [0, 0.1) is 0 Å². The van der Waals surface area contributed by atoms with Crippen LogP contribution in [0.1, 0.15) is 109 Å². The Balaban J connectivity index is 5.90. The van der Waals surface area contributed by atoms with Crippen LogP contribution in [0.4, 0.5) is 0 Å². The standard InChI is InChI=1S/C20H44N2Si/c1-13-17(5,6)21(18(7,8)14-2)23-22(19(9,10)15-3)20(11,12)16-4/h13-16H2,1-12H3. The minimum Gasteiger partial charge on any atom is -0.302 e. The van der Waals surface area contributed by atoms with Crippen LogP contribution in [0.15, 0.2) is 0 Å². The first-order chi connectivity index (χ1) is 10.2. The van der Waals surface area contributed by atoms with Gasteiger partial charge in [0.1, 0.15) is 0 Å². The predicted octanol–water partition coefficient (Wildman–Crippen LogP) is 5.88. The van der Waals surface area contributed by atoms with Gasteiger partial charge in [-0.25, -0.2) is 0 Å². The average molecular weight is 341 g/mol. The lowest BCUT2D eigenvalue weighted by molar-refractivity contribution is 0.0469. The van der Waals surface area contributed by atoms with Crippen molar-refractivity contribution in [3.05, 3.63) is 0 Å². The summed E-state index contributed by atoms with van der Waals surface area (Å²) in [5.41, 5.74) is 0.849. The Bertz CT molecular complexity index is 293. The molecule has 0 unspecified atom stereocenters. The Morgan fingerprint density at radius 2 is 0.652 bits per heavy atom. The van der Waals surface area contributed by atoms with Gasteiger partial charge in [-0.2, -0.15) is 0 Å². The van der Waals surface area contributed by atoms with Crippen molar-refractivity contribution in [3.8, 4) is 0 Å². The van der Waals surface area contributed by atoms with Gasteiger partial charge < -0.3 is 9.13 Å².